The van der Waals surface area contributed by atoms with E-state index in [9.17, 15) is 35.7 Å². The normalized spacial score (nSPS) is 38.3. The Labute approximate surface area is 126 Å². The van der Waals surface area contributed by atoms with Crippen molar-refractivity contribution in [2.75, 3.05) is 13.2 Å². The average Bonchev–Trinajstić information content (AvgIpc) is 2.52. The standard InChI is InChI=1S/C12H24O10/c13-2-5(16)9(18)8(17)4(15)1-6-10(19)12(21)11(20)7(3-14)22-6/h4-21H,1-3H2/t4-,5-,6?,7-,8-,9-,10+,11-,12-/m1/s1. The number of aliphatic hydroxyl groups excluding tert-OH is 9. The first-order chi connectivity index (χ1) is 10.2. The maximum atomic E-state index is 9.81. The van der Waals surface area contributed by atoms with Gasteiger partial charge in [-0.2, -0.15) is 0 Å². The van der Waals surface area contributed by atoms with Crippen molar-refractivity contribution in [3.63, 3.8) is 0 Å². The molecule has 1 heterocycles. The largest absolute Gasteiger partial charge is 0.394 e. The summed E-state index contributed by atoms with van der Waals surface area (Å²) in [6.45, 7) is -1.46. The fourth-order valence-corrected chi connectivity index (χ4v) is 2.31. The lowest BCUT2D eigenvalue weighted by Gasteiger charge is -2.41. The van der Waals surface area contributed by atoms with Crippen LogP contribution in [0.2, 0.25) is 0 Å². The van der Waals surface area contributed by atoms with Crippen molar-refractivity contribution in [1.82, 2.24) is 0 Å². The second-order valence-electron chi connectivity index (χ2n) is 5.40. The summed E-state index contributed by atoms with van der Waals surface area (Å²) in [5, 5.41) is 84.9. The van der Waals surface area contributed by atoms with E-state index in [-0.39, 0.29) is 0 Å². The second kappa shape index (κ2) is 8.45. The van der Waals surface area contributed by atoms with Crippen LogP contribution in [0.25, 0.3) is 0 Å². The first-order valence-electron chi connectivity index (χ1n) is 6.88. The third-order valence-electron chi connectivity index (χ3n) is 3.79. The molecular weight excluding hydrogens is 304 g/mol. The summed E-state index contributed by atoms with van der Waals surface area (Å²) in [7, 11) is 0. The number of ether oxygens (including phenoxy) is 1. The van der Waals surface area contributed by atoms with Gasteiger partial charge in [0.15, 0.2) is 0 Å². The zero-order valence-electron chi connectivity index (χ0n) is 11.8. The van der Waals surface area contributed by atoms with Crippen LogP contribution in [0.1, 0.15) is 6.42 Å². The van der Waals surface area contributed by atoms with E-state index in [0.717, 1.165) is 0 Å². The Kier molecular flexibility index (Phi) is 7.55. The molecule has 0 saturated carbocycles. The van der Waals surface area contributed by atoms with Gasteiger partial charge in [0.1, 0.15) is 42.7 Å². The second-order valence-corrected chi connectivity index (χ2v) is 5.40. The zero-order chi connectivity index (χ0) is 17.0. The van der Waals surface area contributed by atoms with Crippen molar-refractivity contribution < 1.29 is 50.7 Å². The molecule has 0 aromatic rings. The SMILES string of the molecule is OC[C@@H](O)[C@@H](O)[C@H](O)[C@H](O)CC1O[C@H](CO)[C@@H](O)[C@H](O)[C@H]1O. The molecular formula is C12H24O10. The molecule has 1 unspecified atom stereocenters. The molecule has 0 aromatic carbocycles. The van der Waals surface area contributed by atoms with Crippen LogP contribution in [0.4, 0.5) is 0 Å². The van der Waals surface area contributed by atoms with E-state index in [1.54, 1.807) is 0 Å². The predicted molar refractivity (Wildman–Crippen MR) is 69.5 cm³/mol. The van der Waals surface area contributed by atoms with Gasteiger partial charge >= 0.3 is 0 Å². The molecule has 0 radical (unpaired) electrons. The fraction of sp³-hybridized carbons (Fsp3) is 1.00. The monoisotopic (exact) mass is 328 g/mol. The summed E-state index contributed by atoms with van der Waals surface area (Å²) in [6.07, 6.45) is -14.6. The summed E-state index contributed by atoms with van der Waals surface area (Å²) < 4.78 is 5.14. The summed E-state index contributed by atoms with van der Waals surface area (Å²) in [5.41, 5.74) is 0. The van der Waals surface area contributed by atoms with Gasteiger partial charge in [0.05, 0.1) is 25.4 Å². The Morgan fingerprint density at radius 1 is 0.727 bits per heavy atom. The highest BCUT2D eigenvalue weighted by atomic mass is 16.5. The molecule has 0 amide bonds. The quantitative estimate of drug-likeness (QED) is 0.218. The van der Waals surface area contributed by atoms with Crippen LogP contribution >= 0.6 is 0 Å². The van der Waals surface area contributed by atoms with Gasteiger partial charge in [0, 0.05) is 6.42 Å². The lowest BCUT2D eigenvalue weighted by Crippen LogP contribution is -2.59. The Balaban J connectivity index is 2.67. The van der Waals surface area contributed by atoms with Gasteiger partial charge < -0.3 is 50.7 Å². The smallest absolute Gasteiger partial charge is 0.111 e. The van der Waals surface area contributed by atoms with Crippen molar-refractivity contribution in [3.8, 4) is 0 Å². The lowest BCUT2D eigenvalue weighted by molar-refractivity contribution is -0.238. The Morgan fingerprint density at radius 2 is 1.23 bits per heavy atom. The van der Waals surface area contributed by atoms with Gasteiger partial charge in [-0.3, -0.25) is 0 Å². The van der Waals surface area contributed by atoms with Crippen LogP contribution in [0.5, 0.6) is 0 Å². The molecule has 1 fully saturated rings. The van der Waals surface area contributed by atoms with Crippen molar-refractivity contribution in [2.45, 2.75) is 61.4 Å². The highest BCUT2D eigenvalue weighted by molar-refractivity contribution is 4.94. The molecule has 10 nitrogen and oxygen atoms in total. The zero-order valence-corrected chi connectivity index (χ0v) is 11.8. The van der Waals surface area contributed by atoms with E-state index in [1.807, 2.05) is 0 Å². The van der Waals surface area contributed by atoms with Gasteiger partial charge in [-0.05, 0) is 0 Å². The first kappa shape index (κ1) is 19.6. The van der Waals surface area contributed by atoms with E-state index in [0.29, 0.717) is 0 Å². The predicted octanol–water partition coefficient (Wildman–Crippen LogP) is -5.35. The van der Waals surface area contributed by atoms with Gasteiger partial charge in [0.2, 0.25) is 0 Å². The molecule has 1 aliphatic rings. The topological polar surface area (TPSA) is 191 Å². The molecule has 10 heteroatoms. The van der Waals surface area contributed by atoms with Gasteiger partial charge in [-0.1, -0.05) is 0 Å². The number of rotatable bonds is 7. The Morgan fingerprint density at radius 3 is 1.73 bits per heavy atom. The minimum absolute atomic E-state index is 0.447. The van der Waals surface area contributed by atoms with Crippen LogP contribution in [0, 0.1) is 0 Å². The summed E-state index contributed by atoms with van der Waals surface area (Å²) >= 11 is 0. The molecule has 132 valence electrons. The Bertz CT molecular complexity index is 327. The summed E-state index contributed by atoms with van der Waals surface area (Å²) in [4.78, 5) is 0. The first-order valence-corrected chi connectivity index (χ1v) is 6.88. The molecule has 9 N–H and O–H groups in total. The third kappa shape index (κ3) is 4.32. The highest BCUT2D eigenvalue weighted by Gasteiger charge is 2.45. The number of aliphatic hydroxyl groups is 9. The molecule has 0 spiro atoms. The van der Waals surface area contributed by atoms with Crippen molar-refractivity contribution in [1.29, 1.82) is 0 Å². The number of hydrogen-bond acceptors (Lipinski definition) is 10. The molecule has 1 aliphatic heterocycles. The van der Waals surface area contributed by atoms with E-state index in [2.05, 4.69) is 0 Å². The minimum atomic E-state index is -1.84. The van der Waals surface area contributed by atoms with Gasteiger partial charge in [0.25, 0.3) is 0 Å². The maximum Gasteiger partial charge on any atom is 0.111 e. The van der Waals surface area contributed by atoms with Crippen molar-refractivity contribution in [2.24, 2.45) is 0 Å². The Hall–Kier alpha value is -0.400. The van der Waals surface area contributed by atoms with Crippen LogP contribution in [0.3, 0.4) is 0 Å². The number of hydrogen-bond donors (Lipinski definition) is 9. The summed E-state index contributed by atoms with van der Waals surface area (Å²) in [6, 6.07) is 0. The molecule has 0 bridgehead atoms. The lowest BCUT2D eigenvalue weighted by atomic mass is 9.90. The summed E-state index contributed by atoms with van der Waals surface area (Å²) in [5.74, 6) is 0. The van der Waals surface area contributed by atoms with E-state index >= 15 is 0 Å². The molecule has 0 aliphatic carbocycles. The van der Waals surface area contributed by atoms with E-state index in [4.69, 9.17) is 14.9 Å². The van der Waals surface area contributed by atoms with Gasteiger partial charge in [-0.25, -0.2) is 0 Å². The molecule has 0 aromatic heterocycles. The highest BCUT2D eigenvalue weighted by Crippen LogP contribution is 2.25. The minimum Gasteiger partial charge on any atom is -0.394 e. The maximum absolute atomic E-state index is 9.81. The third-order valence-corrected chi connectivity index (χ3v) is 3.79. The van der Waals surface area contributed by atoms with Crippen LogP contribution < -0.4 is 0 Å². The molecule has 9 atom stereocenters. The van der Waals surface area contributed by atoms with Gasteiger partial charge in [-0.15, -0.1) is 0 Å². The van der Waals surface area contributed by atoms with Crippen LogP contribution in [-0.2, 0) is 4.74 Å². The van der Waals surface area contributed by atoms with E-state index < -0.39 is 74.6 Å². The average molecular weight is 328 g/mol. The van der Waals surface area contributed by atoms with Crippen LogP contribution in [-0.4, -0.2) is 114 Å². The van der Waals surface area contributed by atoms with Crippen molar-refractivity contribution >= 4 is 0 Å². The van der Waals surface area contributed by atoms with Crippen molar-refractivity contribution in [3.05, 3.63) is 0 Å². The molecule has 22 heavy (non-hydrogen) atoms. The van der Waals surface area contributed by atoms with Crippen LogP contribution in [0.15, 0.2) is 0 Å². The fourth-order valence-electron chi connectivity index (χ4n) is 2.31. The molecule has 1 saturated heterocycles. The van der Waals surface area contributed by atoms with E-state index in [1.165, 1.54) is 0 Å². The molecule has 1 rings (SSSR count).